The van der Waals surface area contributed by atoms with Crippen LogP contribution in [0.3, 0.4) is 0 Å². The molecule has 4 rings (SSSR count). The Bertz CT molecular complexity index is 924. The molecule has 2 aromatic carbocycles. The third-order valence-corrected chi connectivity index (χ3v) is 4.21. The largest absolute Gasteiger partial charge is 0.255 e. The van der Waals surface area contributed by atoms with Gasteiger partial charge in [-0.05, 0) is 42.3 Å². The molecule has 0 N–H and O–H groups in total. The summed E-state index contributed by atoms with van der Waals surface area (Å²) in [6.07, 6.45) is 1.80. The topological polar surface area (TPSA) is 25.8 Å². The SMILES string of the molecule is Cc1ccc(-c2cc(-c3ccccc3)nc(-c3ccccn3)c2)cc1.Cl. The maximum Gasteiger partial charge on any atom is 0.0899 e. The van der Waals surface area contributed by atoms with Crippen molar-refractivity contribution in [1.29, 1.82) is 0 Å². The zero-order valence-electron chi connectivity index (χ0n) is 14.5. The number of pyridine rings is 2. The minimum atomic E-state index is 0. The maximum absolute atomic E-state index is 4.85. The average Bonchev–Trinajstić information content (AvgIpc) is 2.69. The van der Waals surface area contributed by atoms with E-state index >= 15 is 0 Å². The van der Waals surface area contributed by atoms with E-state index in [4.69, 9.17) is 4.98 Å². The molecule has 0 unspecified atom stereocenters. The summed E-state index contributed by atoms with van der Waals surface area (Å²) in [5.74, 6) is 0. The molecule has 0 aliphatic rings. The lowest BCUT2D eigenvalue weighted by Gasteiger charge is -2.10. The van der Waals surface area contributed by atoms with Crippen LogP contribution < -0.4 is 0 Å². The van der Waals surface area contributed by atoms with Crippen LogP contribution in [0.1, 0.15) is 5.56 Å². The molecule has 0 radical (unpaired) electrons. The van der Waals surface area contributed by atoms with Crippen molar-refractivity contribution < 1.29 is 0 Å². The zero-order chi connectivity index (χ0) is 17.1. The van der Waals surface area contributed by atoms with Gasteiger partial charge in [-0.3, -0.25) is 4.98 Å². The fourth-order valence-corrected chi connectivity index (χ4v) is 2.85. The van der Waals surface area contributed by atoms with E-state index in [-0.39, 0.29) is 12.4 Å². The predicted octanol–water partition coefficient (Wildman–Crippen LogP) is 6.21. The summed E-state index contributed by atoms with van der Waals surface area (Å²) < 4.78 is 0. The van der Waals surface area contributed by atoms with E-state index in [1.165, 1.54) is 11.1 Å². The zero-order valence-corrected chi connectivity index (χ0v) is 15.3. The number of aromatic nitrogens is 2. The molecule has 26 heavy (non-hydrogen) atoms. The quantitative estimate of drug-likeness (QED) is 0.435. The fraction of sp³-hybridized carbons (Fsp3) is 0.0435. The Morgan fingerprint density at radius 3 is 1.96 bits per heavy atom. The van der Waals surface area contributed by atoms with E-state index in [1.54, 1.807) is 6.20 Å². The highest BCUT2D eigenvalue weighted by atomic mass is 35.5. The number of hydrogen-bond acceptors (Lipinski definition) is 2. The van der Waals surface area contributed by atoms with Crippen molar-refractivity contribution in [2.45, 2.75) is 6.92 Å². The van der Waals surface area contributed by atoms with Gasteiger partial charge < -0.3 is 0 Å². The Morgan fingerprint density at radius 2 is 1.27 bits per heavy atom. The van der Waals surface area contributed by atoms with Crippen molar-refractivity contribution in [2.24, 2.45) is 0 Å². The molecule has 0 atom stereocenters. The molecule has 128 valence electrons. The molecule has 0 fully saturated rings. The second-order valence-electron chi connectivity index (χ2n) is 6.07. The first kappa shape index (κ1) is 17.8. The molecule has 0 aliphatic carbocycles. The molecular weight excluding hydrogens is 340 g/mol. The molecule has 0 saturated carbocycles. The van der Waals surface area contributed by atoms with Gasteiger partial charge in [0.1, 0.15) is 0 Å². The minimum Gasteiger partial charge on any atom is -0.255 e. The van der Waals surface area contributed by atoms with Crippen LogP contribution in [0.4, 0.5) is 0 Å². The van der Waals surface area contributed by atoms with Crippen molar-refractivity contribution >= 4 is 12.4 Å². The van der Waals surface area contributed by atoms with Crippen molar-refractivity contribution in [3.63, 3.8) is 0 Å². The van der Waals surface area contributed by atoms with Gasteiger partial charge in [0.15, 0.2) is 0 Å². The van der Waals surface area contributed by atoms with Crippen LogP contribution in [0.5, 0.6) is 0 Å². The molecule has 0 aliphatic heterocycles. The average molecular weight is 359 g/mol. The summed E-state index contributed by atoms with van der Waals surface area (Å²) in [5.41, 5.74) is 7.42. The van der Waals surface area contributed by atoms with E-state index < -0.39 is 0 Å². The molecule has 0 bridgehead atoms. The number of hydrogen-bond donors (Lipinski definition) is 0. The van der Waals surface area contributed by atoms with Gasteiger partial charge in [0.2, 0.25) is 0 Å². The Kier molecular flexibility index (Phi) is 5.45. The van der Waals surface area contributed by atoms with Gasteiger partial charge >= 0.3 is 0 Å². The summed E-state index contributed by atoms with van der Waals surface area (Å²) in [6.45, 7) is 2.10. The lowest BCUT2D eigenvalue weighted by Crippen LogP contribution is -1.92. The molecule has 0 saturated heterocycles. The van der Waals surface area contributed by atoms with Gasteiger partial charge in [0.25, 0.3) is 0 Å². The summed E-state index contributed by atoms with van der Waals surface area (Å²) in [4.78, 5) is 9.32. The lowest BCUT2D eigenvalue weighted by molar-refractivity contribution is 1.25. The van der Waals surface area contributed by atoms with E-state index in [0.717, 1.165) is 28.2 Å². The van der Waals surface area contributed by atoms with Crippen molar-refractivity contribution in [2.75, 3.05) is 0 Å². The van der Waals surface area contributed by atoms with Crippen LogP contribution in [0.15, 0.2) is 91.1 Å². The summed E-state index contributed by atoms with van der Waals surface area (Å²) in [7, 11) is 0. The van der Waals surface area contributed by atoms with Crippen LogP contribution in [-0.4, -0.2) is 9.97 Å². The van der Waals surface area contributed by atoms with E-state index in [9.17, 15) is 0 Å². The molecule has 2 nitrogen and oxygen atoms in total. The van der Waals surface area contributed by atoms with E-state index in [1.807, 2.05) is 36.4 Å². The van der Waals surface area contributed by atoms with Crippen molar-refractivity contribution in [3.05, 3.63) is 96.7 Å². The molecule has 3 heteroatoms. The van der Waals surface area contributed by atoms with Crippen LogP contribution in [0.25, 0.3) is 33.8 Å². The monoisotopic (exact) mass is 358 g/mol. The van der Waals surface area contributed by atoms with Crippen molar-refractivity contribution in [1.82, 2.24) is 9.97 Å². The molecule has 2 aromatic heterocycles. The first-order valence-corrected chi connectivity index (χ1v) is 8.35. The Morgan fingerprint density at radius 1 is 0.577 bits per heavy atom. The molecular formula is C23H19ClN2. The molecule has 0 spiro atoms. The summed E-state index contributed by atoms with van der Waals surface area (Å²) >= 11 is 0. The van der Waals surface area contributed by atoms with Crippen LogP contribution >= 0.6 is 12.4 Å². The normalized spacial score (nSPS) is 10.2. The Labute approximate surface area is 160 Å². The van der Waals surface area contributed by atoms with E-state index in [0.29, 0.717) is 0 Å². The number of aryl methyl sites for hydroxylation is 1. The first-order valence-electron chi connectivity index (χ1n) is 8.35. The Hall–Kier alpha value is -2.97. The molecule has 4 aromatic rings. The Balaban J connectivity index is 0.00000196. The second kappa shape index (κ2) is 7.94. The lowest BCUT2D eigenvalue weighted by atomic mass is 10.0. The molecule has 0 amide bonds. The first-order chi connectivity index (χ1) is 12.3. The van der Waals surface area contributed by atoms with Gasteiger partial charge in [-0.2, -0.15) is 0 Å². The van der Waals surface area contributed by atoms with E-state index in [2.05, 4.69) is 60.4 Å². The summed E-state index contributed by atoms with van der Waals surface area (Å²) in [6, 6.07) is 29.0. The number of benzene rings is 2. The van der Waals surface area contributed by atoms with Crippen molar-refractivity contribution in [3.8, 4) is 33.8 Å². The van der Waals surface area contributed by atoms with Gasteiger partial charge in [-0.25, -0.2) is 4.98 Å². The van der Waals surface area contributed by atoms with Gasteiger partial charge in [0.05, 0.1) is 17.1 Å². The van der Waals surface area contributed by atoms with Gasteiger partial charge in [0, 0.05) is 11.8 Å². The third-order valence-electron chi connectivity index (χ3n) is 4.21. The second-order valence-corrected chi connectivity index (χ2v) is 6.07. The van der Waals surface area contributed by atoms with Gasteiger partial charge in [-0.1, -0.05) is 66.2 Å². The highest BCUT2D eigenvalue weighted by Crippen LogP contribution is 2.29. The van der Waals surface area contributed by atoms with Gasteiger partial charge in [-0.15, -0.1) is 12.4 Å². The number of rotatable bonds is 3. The standard InChI is InChI=1S/C23H18N2.ClH/c1-17-10-12-18(13-11-17)20-15-22(19-7-3-2-4-8-19)25-23(16-20)21-9-5-6-14-24-21;/h2-16H,1H3;1H. The maximum atomic E-state index is 4.85. The fourth-order valence-electron chi connectivity index (χ4n) is 2.85. The van der Waals surface area contributed by atoms with Crippen LogP contribution in [0, 0.1) is 6.92 Å². The smallest absolute Gasteiger partial charge is 0.0899 e. The minimum absolute atomic E-state index is 0. The summed E-state index contributed by atoms with van der Waals surface area (Å²) in [5, 5.41) is 0. The van der Waals surface area contributed by atoms with Crippen LogP contribution in [0.2, 0.25) is 0 Å². The molecule has 2 heterocycles. The number of nitrogens with zero attached hydrogens (tertiary/aromatic N) is 2. The highest BCUT2D eigenvalue weighted by molar-refractivity contribution is 5.85. The van der Waals surface area contributed by atoms with Crippen LogP contribution in [-0.2, 0) is 0 Å². The highest BCUT2D eigenvalue weighted by Gasteiger charge is 2.09. The predicted molar refractivity (Wildman–Crippen MR) is 110 cm³/mol. The third kappa shape index (κ3) is 3.81. The number of halogens is 1.